The number of benzene rings is 2. The number of rotatable bonds is 7. The van der Waals surface area contributed by atoms with Gasteiger partial charge in [0.05, 0.1) is 12.3 Å². The summed E-state index contributed by atoms with van der Waals surface area (Å²) >= 11 is 0. The van der Waals surface area contributed by atoms with E-state index in [2.05, 4.69) is 36.2 Å². The molecule has 2 aromatic carbocycles. The van der Waals surface area contributed by atoms with Crippen LogP contribution in [0.4, 0.5) is 11.5 Å². The van der Waals surface area contributed by atoms with Crippen LogP contribution >= 0.6 is 0 Å². The van der Waals surface area contributed by atoms with Crippen molar-refractivity contribution >= 4 is 28.3 Å². The van der Waals surface area contributed by atoms with E-state index < -0.39 is 0 Å². The van der Waals surface area contributed by atoms with Gasteiger partial charge in [0.2, 0.25) is 0 Å². The Balaban J connectivity index is 1.49. The van der Waals surface area contributed by atoms with Gasteiger partial charge in [-0.2, -0.15) is 0 Å². The standard InChI is InChI=1S/C26H31N3O3/c1-4-31-22-10-6-5-9-21(22)27-25(30)17-32-23-11-7-8-20-12-13-24(28-26(20)23)29-15-18(2)14-19(3)16-29/h5-13,18-19H,4,14-17H2,1-3H3,(H,27,30). The second kappa shape index (κ2) is 9.90. The van der Waals surface area contributed by atoms with Gasteiger partial charge in [0.25, 0.3) is 5.91 Å². The smallest absolute Gasteiger partial charge is 0.262 e. The molecule has 1 aliphatic heterocycles. The first-order valence-electron chi connectivity index (χ1n) is 11.3. The van der Waals surface area contributed by atoms with Gasteiger partial charge in [0.15, 0.2) is 6.61 Å². The van der Waals surface area contributed by atoms with Crippen LogP contribution < -0.4 is 19.7 Å². The van der Waals surface area contributed by atoms with Gasteiger partial charge in [-0.05, 0) is 55.5 Å². The number of para-hydroxylation sites is 3. The van der Waals surface area contributed by atoms with Crippen molar-refractivity contribution in [3.8, 4) is 11.5 Å². The Bertz CT molecular complexity index is 1070. The molecule has 3 aromatic rings. The molecular weight excluding hydrogens is 402 g/mol. The number of aromatic nitrogens is 1. The van der Waals surface area contributed by atoms with E-state index in [-0.39, 0.29) is 12.5 Å². The summed E-state index contributed by atoms with van der Waals surface area (Å²) in [7, 11) is 0. The third-order valence-electron chi connectivity index (χ3n) is 5.68. The van der Waals surface area contributed by atoms with Crippen LogP contribution in [-0.2, 0) is 4.79 Å². The molecule has 0 aliphatic carbocycles. The first kappa shape index (κ1) is 21.9. The first-order chi connectivity index (χ1) is 15.5. The quantitative estimate of drug-likeness (QED) is 0.559. The number of carbonyl (C=O) groups excluding carboxylic acids is 1. The molecule has 2 heterocycles. The van der Waals surface area contributed by atoms with Gasteiger partial charge in [-0.15, -0.1) is 0 Å². The molecule has 4 rings (SSSR count). The van der Waals surface area contributed by atoms with Crippen LogP contribution in [0.3, 0.4) is 0 Å². The molecular formula is C26H31N3O3. The summed E-state index contributed by atoms with van der Waals surface area (Å²) < 4.78 is 11.5. The van der Waals surface area contributed by atoms with E-state index in [0.717, 1.165) is 29.8 Å². The van der Waals surface area contributed by atoms with Crippen molar-refractivity contribution < 1.29 is 14.3 Å². The van der Waals surface area contributed by atoms with Crippen LogP contribution in [0.1, 0.15) is 27.2 Å². The number of pyridine rings is 1. The molecule has 1 fully saturated rings. The van der Waals surface area contributed by atoms with E-state index in [4.69, 9.17) is 14.5 Å². The van der Waals surface area contributed by atoms with Crippen LogP contribution in [0, 0.1) is 11.8 Å². The minimum atomic E-state index is -0.246. The first-order valence-corrected chi connectivity index (χ1v) is 11.3. The number of piperidine rings is 1. The monoisotopic (exact) mass is 433 g/mol. The van der Waals surface area contributed by atoms with Crippen LogP contribution in [-0.4, -0.2) is 37.2 Å². The lowest BCUT2D eigenvalue weighted by atomic mass is 9.92. The largest absolute Gasteiger partial charge is 0.492 e. The number of ether oxygens (including phenoxy) is 2. The number of nitrogens with one attached hydrogen (secondary N) is 1. The number of hydrogen-bond acceptors (Lipinski definition) is 5. The molecule has 2 unspecified atom stereocenters. The van der Waals surface area contributed by atoms with E-state index in [9.17, 15) is 4.79 Å². The molecule has 0 spiro atoms. The van der Waals surface area contributed by atoms with E-state index in [0.29, 0.717) is 35.6 Å². The molecule has 1 amide bonds. The number of hydrogen-bond donors (Lipinski definition) is 1. The summed E-state index contributed by atoms with van der Waals surface area (Å²) in [5, 5.41) is 3.86. The van der Waals surface area contributed by atoms with Crippen molar-refractivity contribution in [2.75, 3.05) is 36.5 Å². The van der Waals surface area contributed by atoms with Crippen molar-refractivity contribution in [1.29, 1.82) is 0 Å². The topological polar surface area (TPSA) is 63.7 Å². The van der Waals surface area contributed by atoms with Gasteiger partial charge in [-0.25, -0.2) is 4.98 Å². The van der Waals surface area contributed by atoms with Crippen molar-refractivity contribution in [3.05, 3.63) is 54.6 Å². The average Bonchev–Trinajstić information content (AvgIpc) is 2.78. The minimum Gasteiger partial charge on any atom is -0.492 e. The number of anilines is 2. The molecule has 1 aromatic heterocycles. The van der Waals surface area contributed by atoms with Gasteiger partial charge >= 0.3 is 0 Å². The maximum Gasteiger partial charge on any atom is 0.262 e. The Morgan fingerprint density at radius 3 is 2.53 bits per heavy atom. The molecule has 2 atom stereocenters. The molecule has 32 heavy (non-hydrogen) atoms. The predicted molar refractivity (Wildman–Crippen MR) is 129 cm³/mol. The minimum absolute atomic E-state index is 0.108. The molecule has 1 aliphatic rings. The number of carbonyl (C=O) groups is 1. The van der Waals surface area contributed by atoms with E-state index in [1.807, 2.05) is 49.4 Å². The van der Waals surface area contributed by atoms with E-state index >= 15 is 0 Å². The molecule has 0 saturated carbocycles. The molecule has 1 saturated heterocycles. The van der Waals surface area contributed by atoms with Gasteiger partial charge in [0.1, 0.15) is 22.8 Å². The van der Waals surface area contributed by atoms with Crippen molar-refractivity contribution in [2.45, 2.75) is 27.2 Å². The fraction of sp³-hybridized carbons (Fsp3) is 0.385. The zero-order valence-corrected chi connectivity index (χ0v) is 19.0. The Labute approximate surface area is 189 Å². The van der Waals surface area contributed by atoms with Gasteiger partial charge in [-0.3, -0.25) is 4.79 Å². The maximum absolute atomic E-state index is 12.5. The summed E-state index contributed by atoms with van der Waals surface area (Å²) in [5.74, 6) is 3.25. The van der Waals surface area contributed by atoms with Gasteiger partial charge in [-0.1, -0.05) is 38.1 Å². The normalized spacial score (nSPS) is 18.4. The van der Waals surface area contributed by atoms with Crippen molar-refractivity contribution in [3.63, 3.8) is 0 Å². The zero-order chi connectivity index (χ0) is 22.5. The molecule has 0 bridgehead atoms. The Hall–Kier alpha value is -3.28. The summed E-state index contributed by atoms with van der Waals surface area (Å²) in [4.78, 5) is 19.8. The lowest BCUT2D eigenvalue weighted by molar-refractivity contribution is -0.118. The highest BCUT2D eigenvalue weighted by molar-refractivity contribution is 5.94. The van der Waals surface area contributed by atoms with Crippen LogP contribution in [0.5, 0.6) is 11.5 Å². The second-order valence-corrected chi connectivity index (χ2v) is 8.61. The molecule has 168 valence electrons. The number of fused-ring (bicyclic) bond motifs is 1. The third-order valence-corrected chi connectivity index (χ3v) is 5.68. The fourth-order valence-electron chi connectivity index (χ4n) is 4.43. The lowest BCUT2D eigenvalue weighted by Crippen LogP contribution is -2.39. The van der Waals surface area contributed by atoms with Crippen LogP contribution in [0.15, 0.2) is 54.6 Å². The summed E-state index contributed by atoms with van der Waals surface area (Å²) in [6, 6.07) is 17.3. The Morgan fingerprint density at radius 1 is 1.00 bits per heavy atom. The summed E-state index contributed by atoms with van der Waals surface area (Å²) in [6.07, 6.45) is 1.25. The molecule has 0 radical (unpaired) electrons. The Kier molecular flexibility index (Phi) is 6.78. The molecule has 1 N–H and O–H groups in total. The molecule has 6 heteroatoms. The SMILES string of the molecule is CCOc1ccccc1NC(=O)COc1cccc2ccc(N3CC(C)CC(C)C3)nc12. The lowest BCUT2D eigenvalue weighted by Gasteiger charge is -2.35. The fourth-order valence-corrected chi connectivity index (χ4v) is 4.43. The average molecular weight is 434 g/mol. The maximum atomic E-state index is 12.5. The van der Waals surface area contributed by atoms with E-state index in [1.165, 1.54) is 6.42 Å². The van der Waals surface area contributed by atoms with E-state index in [1.54, 1.807) is 0 Å². The number of amides is 1. The highest BCUT2D eigenvalue weighted by atomic mass is 16.5. The highest BCUT2D eigenvalue weighted by Gasteiger charge is 2.23. The predicted octanol–water partition coefficient (Wildman–Crippen LogP) is 5.13. The van der Waals surface area contributed by atoms with Crippen molar-refractivity contribution in [2.24, 2.45) is 11.8 Å². The van der Waals surface area contributed by atoms with Crippen molar-refractivity contribution in [1.82, 2.24) is 4.98 Å². The second-order valence-electron chi connectivity index (χ2n) is 8.61. The number of nitrogens with zero attached hydrogens (tertiary/aromatic N) is 2. The van der Waals surface area contributed by atoms with Gasteiger partial charge < -0.3 is 19.7 Å². The van der Waals surface area contributed by atoms with Crippen LogP contribution in [0.2, 0.25) is 0 Å². The zero-order valence-electron chi connectivity index (χ0n) is 19.0. The Morgan fingerprint density at radius 2 is 1.75 bits per heavy atom. The van der Waals surface area contributed by atoms with Crippen LogP contribution in [0.25, 0.3) is 10.9 Å². The molecule has 6 nitrogen and oxygen atoms in total. The summed E-state index contributed by atoms with van der Waals surface area (Å²) in [6.45, 7) is 8.93. The summed E-state index contributed by atoms with van der Waals surface area (Å²) in [5.41, 5.74) is 1.41. The highest BCUT2D eigenvalue weighted by Crippen LogP contribution is 2.30. The van der Waals surface area contributed by atoms with Gasteiger partial charge in [0, 0.05) is 18.5 Å². The third kappa shape index (κ3) is 5.13.